The van der Waals surface area contributed by atoms with Gasteiger partial charge >= 0.3 is 0 Å². The van der Waals surface area contributed by atoms with Crippen LogP contribution in [0.5, 0.6) is 0 Å². The Balaban J connectivity index is 3.63. The molecular weight excluding hydrogens is 122 g/mol. The van der Waals surface area contributed by atoms with Gasteiger partial charge in [-0.2, -0.15) is 0 Å². The molecule has 0 rings (SSSR count). The normalized spacial score (nSPS) is 12.7. The van der Waals surface area contributed by atoms with Crippen LogP contribution in [0.1, 0.15) is 27.7 Å². The summed E-state index contributed by atoms with van der Waals surface area (Å²) in [7, 11) is 0. The summed E-state index contributed by atoms with van der Waals surface area (Å²) < 4.78 is 0. The van der Waals surface area contributed by atoms with Crippen LogP contribution in [0, 0.1) is 0 Å². The monoisotopic (exact) mass is 141 g/mol. The summed E-state index contributed by atoms with van der Waals surface area (Å²) >= 11 is 0. The molecule has 0 aromatic carbocycles. The van der Waals surface area contributed by atoms with E-state index in [1.54, 1.807) is 0 Å². The van der Waals surface area contributed by atoms with Gasteiger partial charge in [0.15, 0.2) is 0 Å². The fourth-order valence-corrected chi connectivity index (χ4v) is 0.891. The van der Waals surface area contributed by atoms with E-state index < -0.39 is 0 Å². The molecule has 1 nitrogen and oxygen atoms in total. The number of allylic oxidation sites excluding steroid dienone is 1. The second-order valence-corrected chi connectivity index (χ2v) is 2.60. The molecule has 0 atom stereocenters. The fraction of sp³-hybridized carbons (Fsp3) is 0.778. The lowest BCUT2D eigenvalue weighted by molar-refractivity contribution is 0.330. The molecule has 0 radical (unpaired) electrons. The molecule has 0 aromatic heterocycles. The van der Waals surface area contributed by atoms with Gasteiger partial charge in [-0.25, -0.2) is 0 Å². The summed E-state index contributed by atoms with van der Waals surface area (Å²) in [5.74, 6) is 0. The maximum atomic E-state index is 2.41. The van der Waals surface area contributed by atoms with Crippen molar-refractivity contribution in [3.8, 4) is 0 Å². The molecule has 0 N–H and O–H groups in total. The lowest BCUT2D eigenvalue weighted by atomic mass is 10.2. The molecule has 0 saturated carbocycles. The summed E-state index contributed by atoms with van der Waals surface area (Å²) in [6, 6.07) is 0. The quantitative estimate of drug-likeness (QED) is 0.543. The smallest absolute Gasteiger partial charge is 0.0189 e. The van der Waals surface area contributed by atoms with E-state index >= 15 is 0 Å². The first kappa shape index (κ1) is 9.70. The topological polar surface area (TPSA) is 3.24 Å². The number of hydrogen-bond acceptors (Lipinski definition) is 1. The molecule has 0 heterocycles. The molecule has 0 bridgehead atoms. The van der Waals surface area contributed by atoms with Crippen LogP contribution in [-0.2, 0) is 0 Å². The van der Waals surface area contributed by atoms with Gasteiger partial charge < -0.3 is 0 Å². The Morgan fingerprint density at radius 2 is 1.80 bits per heavy atom. The van der Waals surface area contributed by atoms with Crippen molar-refractivity contribution < 1.29 is 0 Å². The first-order valence-corrected chi connectivity index (χ1v) is 4.08. The molecule has 1 heteroatoms. The molecule has 0 aliphatic rings. The molecule has 60 valence electrons. The fourth-order valence-electron chi connectivity index (χ4n) is 0.891. The van der Waals surface area contributed by atoms with Gasteiger partial charge in [0.05, 0.1) is 0 Å². The van der Waals surface area contributed by atoms with E-state index in [-0.39, 0.29) is 0 Å². The second-order valence-electron chi connectivity index (χ2n) is 2.60. The van der Waals surface area contributed by atoms with Crippen LogP contribution >= 0.6 is 0 Å². The Kier molecular flexibility index (Phi) is 5.32. The van der Waals surface area contributed by atoms with E-state index in [1.165, 1.54) is 5.57 Å². The molecule has 0 aromatic rings. The molecule has 0 saturated heterocycles. The molecule has 0 fully saturated rings. The molecule has 0 spiro atoms. The van der Waals surface area contributed by atoms with Crippen molar-refractivity contribution >= 4 is 0 Å². The SMILES string of the molecule is C/C=C(\C)CN(CC)CC. The zero-order valence-electron chi connectivity index (χ0n) is 7.65. The van der Waals surface area contributed by atoms with E-state index in [0.29, 0.717) is 0 Å². The molecule has 0 unspecified atom stereocenters. The predicted molar refractivity (Wildman–Crippen MR) is 47.2 cm³/mol. The third-order valence-corrected chi connectivity index (χ3v) is 1.86. The Morgan fingerprint density at radius 1 is 1.30 bits per heavy atom. The molecule has 0 amide bonds. The highest BCUT2D eigenvalue weighted by Crippen LogP contribution is 1.96. The molecular formula is C9H19N. The minimum Gasteiger partial charge on any atom is -0.300 e. The highest BCUT2D eigenvalue weighted by Gasteiger charge is 1.97. The van der Waals surface area contributed by atoms with Gasteiger partial charge in [0.25, 0.3) is 0 Å². The van der Waals surface area contributed by atoms with E-state index in [2.05, 4.69) is 38.7 Å². The second kappa shape index (κ2) is 5.48. The molecule has 0 aliphatic carbocycles. The van der Waals surface area contributed by atoms with Gasteiger partial charge in [-0.3, -0.25) is 4.90 Å². The summed E-state index contributed by atoms with van der Waals surface area (Å²) in [6.45, 7) is 12.1. The van der Waals surface area contributed by atoms with Gasteiger partial charge in [-0.05, 0) is 26.9 Å². The summed E-state index contributed by atoms with van der Waals surface area (Å²) in [5.41, 5.74) is 1.46. The average Bonchev–Trinajstić information content (AvgIpc) is 1.99. The summed E-state index contributed by atoms with van der Waals surface area (Å²) in [6.07, 6.45) is 2.18. The third-order valence-electron chi connectivity index (χ3n) is 1.86. The van der Waals surface area contributed by atoms with E-state index in [1.807, 2.05) is 0 Å². The third kappa shape index (κ3) is 3.67. The number of likely N-dealkylation sites (N-methyl/N-ethyl adjacent to an activating group) is 1. The number of hydrogen-bond donors (Lipinski definition) is 0. The van der Waals surface area contributed by atoms with Crippen molar-refractivity contribution in [2.45, 2.75) is 27.7 Å². The van der Waals surface area contributed by atoms with Crippen LogP contribution in [0.3, 0.4) is 0 Å². The zero-order chi connectivity index (χ0) is 7.98. The largest absolute Gasteiger partial charge is 0.300 e. The van der Waals surface area contributed by atoms with Crippen LogP contribution in [0.2, 0.25) is 0 Å². The number of rotatable bonds is 4. The standard InChI is InChI=1S/C9H19N/c1-5-9(4)8-10(6-2)7-3/h5H,6-8H2,1-4H3/b9-5+. The Labute approximate surface area is 64.7 Å². The van der Waals surface area contributed by atoms with Crippen molar-refractivity contribution in [2.24, 2.45) is 0 Å². The zero-order valence-corrected chi connectivity index (χ0v) is 7.65. The maximum absolute atomic E-state index is 2.41. The van der Waals surface area contributed by atoms with Crippen molar-refractivity contribution in [1.29, 1.82) is 0 Å². The highest BCUT2D eigenvalue weighted by molar-refractivity contribution is 4.98. The van der Waals surface area contributed by atoms with Crippen LogP contribution in [0.15, 0.2) is 11.6 Å². The molecule has 10 heavy (non-hydrogen) atoms. The summed E-state index contributed by atoms with van der Waals surface area (Å²) in [5, 5.41) is 0. The van der Waals surface area contributed by atoms with Crippen molar-refractivity contribution in [3.05, 3.63) is 11.6 Å². The predicted octanol–water partition coefficient (Wildman–Crippen LogP) is 2.29. The Morgan fingerprint density at radius 3 is 2.10 bits per heavy atom. The van der Waals surface area contributed by atoms with Gasteiger partial charge in [0, 0.05) is 6.54 Å². The lowest BCUT2D eigenvalue weighted by Crippen LogP contribution is -2.24. The Hall–Kier alpha value is -0.300. The minimum atomic E-state index is 1.13. The lowest BCUT2D eigenvalue weighted by Gasteiger charge is -2.17. The van der Waals surface area contributed by atoms with Crippen molar-refractivity contribution in [2.75, 3.05) is 19.6 Å². The van der Waals surface area contributed by atoms with Gasteiger partial charge in [0.1, 0.15) is 0 Å². The van der Waals surface area contributed by atoms with Crippen molar-refractivity contribution in [1.82, 2.24) is 4.90 Å². The van der Waals surface area contributed by atoms with E-state index in [9.17, 15) is 0 Å². The van der Waals surface area contributed by atoms with Crippen LogP contribution < -0.4 is 0 Å². The molecule has 0 aliphatic heterocycles. The summed E-state index contributed by atoms with van der Waals surface area (Å²) in [4.78, 5) is 2.41. The first-order valence-electron chi connectivity index (χ1n) is 4.08. The Bertz CT molecular complexity index is 101. The highest BCUT2D eigenvalue weighted by atomic mass is 15.1. The van der Waals surface area contributed by atoms with E-state index in [4.69, 9.17) is 0 Å². The van der Waals surface area contributed by atoms with Gasteiger partial charge in [0.2, 0.25) is 0 Å². The average molecular weight is 141 g/mol. The van der Waals surface area contributed by atoms with Crippen LogP contribution in [0.25, 0.3) is 0 Å². The first-order chi connectivity index (χ1) is 4.74. The van der Waals surface area contributed by atoms with Gasteiger partial charge in [-0.15, -0.1) is 0 Å². The maximum Gasteiger partial charge on any atom is 0.0189 e. The van der Waals surface area contributed by atoms with E-state index in [0.717, 1.165) is 19.6 Å². The van der Waals surface area contributed by atoms with Crippen LogP contribution in [0.4, 0.5) is 0 Å². The minimum absolute atomic E-state index is 1.13. The van der Waals surface area contributed by atoms with Gasteiger partial charge in [-0.1, -0.05) is 25.5 Å². The number of nitrogens with zero attached hydrogens (tertiary/aromatic N) is 1. The van der Waals surface area contributed by atoms with Crippen LogP contribution in [-0.4, -0.2) is 24.5 Å². The van der Waals surface area contributed by atoms with Crippen molar-refractivity contribution in [3.63, 3.8) is 0 Å².